The number of anilines is 3. The number of fused-ring (bicyclic) bond motifs is 1. The van der Waals surface area contributed by atoms with Crippen LogP contribution in [-0.4, -0.2) is 38.3 Å². The number of para-hydroxylation sites is 3. The van der Waals surface area contributed by atoms with E-state index in [2.05, 4.69) is 5.32 Å². The molecule has 27 heavy (non-hydrogen) atoms. The van der Waals surface area contributed by atoms with Crippen LogP contribution in [0, 0.1) is 0 Å². The van der Waals surface area contributed by atoms with Crippen molar-refractivity contribution in [2.24, 2.45) is 0 Å². The van der Waals surface area contributed by atoms with Gasteiger partial charge in [-0.05, 0) is 51.5 Å². The molecule has 2 aromatic carbocycles. The first-order chi connectivity index (χ1) is 12.7. The van der Waals surface area contributed by atoms with Gasteiger partial charge >= 0.3 is 10.2 Å². The van der Waals surface area contributed by atoms with Gasteiger partial charge in [-0.25, -0.2) is 4.31 Å². The summed E-state index contributed by atoms with van der Waals surface area (Å²) in [4.78, 5) is 0. The number of aliphatic hydroxyl groups excluding tert-OH is 1. The molecule has 1 aliphatic heterocycles. The normalized spacial score (nSPS) is 17.0. The van der Waals surface area contributed by atoms with E-state index in [0.717, 1.165) is 0 Å². The first-order valence-electron chi connectivity index (χ1n) is 9.10. The standard InChI is InChI=1S/C20H27N3O3S/c1-20(2,3)21-15-17(24)13-14-22-18-11-7-8-12-19(18)23(27(22,25)26)16-9-5-4-6-10-16/h4-12,17,21,24H,13-15H2,1-3H3/t17-/m1/s1. The van der Waals surface area contributed by atoms with Crippen molar-refractivity contribution in [3.05, 3.63) is 54.6 Å². The van der Waals surface area contributed by atoms with E-state index < -0.39 is 16.3 Å². The number of nitrogens with zero attached hydrogens (tertiary/aromatic N) is 2. The van der Waals surface area contributed by atoms with Gasteiger partial charge in [0.05, 0.1) is 23.2 Å². The molecule has 2 N–H and O–H groups in total. The molecule has 0 saturated carbocycles. The van der Waals surface area contributed by atoms with E-state index in [1.54, 1.807) is 24.3 Å². The monoisotopic (exact) mass is 389 g/mol. The first kappa shape index (κ1) is 19.7. The number of aliphatic hydroxyl groups is 1. The van der Waals surface area contributed by atoms with Crippen LogP contribution in [0.4, 0.5) is 17.1 Å². The molecule has 3 rings (SSSR count). The number of β-amino-alcohol motifs (C(OH)–C–C–N with tert-alkyl or cyclic N) is 1. The quantitative estimate of drug-likeness (QED) is 0.797. The molecule has 1 aliphatic rings. The zero-order valence-corrected chi connectivity index (χ0v) is 16.8. The van der Waals surface area contributed by atoms with Crippen molar-refractivity contribution in [1.29, 1.82) is 0 Å². The Morgan fingerprint density at radius 3 is 2.22 bits per heavy atom. The van der Waals surface area contributed by atoms with Crippen molar-refractivity contribution in [2.75, 3.05) is 21.7 Å². The van der Waals surface area contributed by atoms with Crippen LogP contribution in [0.5, 0.6) is 0 Å². The molecule has 2 aromatic rings. The Kier molecular flexibility index (Phi) is 5.46. The zero-order valence-electron chi connectivity index (χ0n) is 16.0. The molecule has 0 amide bonds. The highest BCUT2D eigenvalue weighted by Crippen LogP contribution is 2.45. The van der Waals surface area contributed by atoms with Gasteiger partial charge in [0.1, 0.15) is 0 Å². The van der Waals surface area contributed by atoms with Gasteiger partial charge in [0, 0.05) is 18.6 Å². The lowest BCUT2D eigenvalue weighted by molar-refractivity contribution is 0.154. The third-order valence-corrected chi connectivity index (χ3v) is 6.21. The summed E-state index contributed by atoms with van der Waals surface area (Å²) in [5.74, 6) is 0. The summed E-state index contributed by atoms with van der Waals surface area (Å²) in [5, 5.41) is 13.5. The Labute approximate surface area is 161 Å². The fourth-order valence-corrected chi connectivity index (χ4v) is 4.79. The number of rotatable bonds is 6. The van der Waals surface area contributed by atoms with Crippen LogP contribution in [0.25, 0.3) is 0 Å². The molecule has 7 heteroatoms. The van der Waals surface area contributed by atoms with E-state index in [1.807, 2.05) is 51.1 Å². The van der Waals surface area contributed by atoms with Crippen molar-refractivity contribution in [1.82, 2.24) is 5.32 Å². The van der Waals surface area contributed by atoms with Crippen molar-refractivity contribution < 1.29 is 13.5 Å². The highest BCUT2D eigenvalue weighted by Gasteiger charge is 2.40. The largest absolute Gasteiger partial charge is 0.392 e. The topological polar surface area (TPSA) is 72.9 Å². The van der Waals surface area contributed by atoms with E-state index in [4.69, 9.17) is 0 Å². The Morgan fingerprint density at radius 2 is 1.59 bits per heavy atom. The molecule has 1 heterocycles. The van der Waals surface area contributed by atoms with Gasteiger partial charge in [-0.3, -0.25) is 4.31 Å². The molecule has 0 saturated heterocycles. The predicted molar refractivity (Wildman–Crippen MR) is 110 cm³/mol. The van der Waals surface area contributed by atoms with E-state index >= 15 is 0 Å². The molecular formula is C20H27N3O3S. The van der Waals surface area contributed by atoms with Crippen LogP contribution in [0.2, 0.25) is 0 Å². The Hall–Kier alpha value is -2.09. The van der Waals surface area contributed by atoms with E-state index in [-0.39, 0.29) is 12.1 Å². The van der Waals surface area contributed by atoms with Gasteiger partial charge in [0.2, 0.25) is 0 Å². The van der Waals surface area contributed by atoms with Crippen LogP contribution >= 0.6 is 0 Å². The highest BCUT2D eigenvalue weighted by atomic mass is 32.2. The summed E-state index contributed by atoms with van der Waals surface area (Å²) in [7, 11) is -3.74. The molecule has 6 nitrogen and oxygen atoms in total. The summed E-state index contributed by atoms with van der Waals surface area (Å²) < 4.78 is 29.2. The third-order valence-electron chi connectivity index (χ3n) is 4.40. The Morgan fingerprint density at radius 1 is 1.00 bits per heavy atom. The van der Waals surface area contributed by atoms with Gasteiger partial charge in [-0.2, -0.15) is 8.42 Å². The summed E-state index contributed by atoms with van der Waals surface area (Å²) in [5.41, 5.74) is 1.77. The molecule has 0 aliphatic carbocycles. The average Bonchev–Trinajstić information content (AvgIpc) is 2.84. The average molecular weight is 390 g/mol. The molecule has 1 atom stereocenters. The second-order valence-corrected chi connectivity index (χ2v) is 9.44. The molecule has 0 bridgehead atoms. The van der Waals surface area contributed by atoms with Crippen molar-refractivity contribution in [3.63, 3.8) is 0 Å². The number of hydrogen-bond acceptors (Lipinski definition) is 4. The predicted octanol–water partition coefficient (Wildman–Crippen LogP) is 3.03. The Bertz CT molecular complexity index is 879. The van der Waals surface area contributed by atoms with Crippen LogP contribution in [0.1, 0.15) is 27.2 Å². The van der Waals surface area contributed by atoms with E-state index in [0.29, 0.717) is 30.0 Å². The summed E-state index contributed by atoms with van der Waals surface area (Å²) >= 11 is 0. The SMILES string of the molecule is CC(C)(C)NC[C@H](O)CCN1c2ccccc2N(c2ccccc2)S1(=O)=O. The molecular weight excluding hydrogens is 362 g/mol. The second-order valence-electron chi connectivity index (χ2n) is 7.74. The maximum Gasteiger partial charge on any atom is 0.330 e. The fraction of sp³-hybridized carbons (Fsp3) is 0.400. The maximum absolute atomic E-state index is 13.2. The molecule has 0 radical (unpaired) electrons. The van der Waals surface area contributed by atoms with Crippen molar-refractivity contribution >= 4 is 27.3 Å². The van der Waals surface area contributed by atoms with Gasteiger partial charge < -0.3 is 10.4 Å². The van der Waals surface area contributed by atoms with E-state index in [1.165, 1.54) is 8.61 Å². The van der Waals surface area contributed by atoms with Crippen LogP contribution in [0.15, 0.2) is 54.6 Å². The van der Waals surface area contributed by atoms with Gasteiger partial charge in [0.15, 0.2) is 0 Å². The summed E-state index contributed by atoms with van der Waals surface area (Å²) in [6.07, 6.45) is -0.281. The van der Waals surface area contributed by atoms with Crippen molar-refractivity contribution in [2.45, 2.75) is 38.8 Å². The van der Waals surface area contributed by atoms with Crippen LogP contribution in [0.3, 0.4) is 0 Å². The van der Waals surface area contributed by atoms with Gasteiger partial charge in [0.25, 0.3) is 0 Å². The van der Waals surface area contributed by atoms with Crippen LogP contribution < -0.4 is 13.9 Å². The summed E-state index contributed by atoms with van der Waals surface area (Å²) in [6, 6.07) is 16.3. The minimum Gasteiger partial charge on any atom is -0.392 e. The minimum atomic E-state index is -3.74. The number of hydrogen-bond donors (Lipinski definition) is 2. The number of nitrogens with one attached hydrogen (secondary N) is 1. The van der Waals surface area contributed by atoms with Gasteiger partial charge in [-0.15, -0.1) is 0 Å². The van der Waals surface area contributed by atoms with Crippen LogP contribution in [-0.2, 0) is 10.2 Å². The molecule has 0 aromatic heterocycles. The lowest BCUT2D eigenvalue weighted by Crippen LogP contribution is -2.42. The van der Waals surface area contributed by atoms with Crippen molar-refractivity contribution in [3.8, 4) is 0 Å². The number of benzene rings is 2. The van der Waals surface area contributed by atoms with E-state index in [9.17, 15) is 13.5 Å². The Balaban J connectivity index is 1.82. The third kappa shape index (κ3) is 4.26. The minimum absolute atomic E-state index is 0.0998. The fourth-order valence-electron chi connectivity index (χ4n) is 3.06. The lowest BCUT2D eigenvalue weighted by Gasteiger charge is -2.25. The second kappa shape index (κ2) is 7.50. The molecule has 0 fully saturated rings. The zero-order chi connectivity index (χ0) is 19.7. The molecule has 0 spiro atoms. The lowest BCUT2D eigenvalue weighted by atomic mass is 10.1. The molecule has 0 unspecified atom stereocenters. The maximum atomic E-state index is 13.2. The highest BCUT2D eigenvalue weighted by molar-refractivity contribution is 7.95. The molecule has 146 valence electrons. The van der Waals surface area contributed by atoms with Gasteiger partial charge in [-0.1, -0.05) is 30.3 Å². The summed E-state index contributed by atoms with van der Waals surface area (Å²) in [6.45, 7) is 6.72. The smallest absolute Gasteiger partial charge is 0.330 e. The first-order valence-corrected chi connectivity index (χ1v) is 10.5.